The summed E-state index contributed by atoms with van der Waals surface area (Å²) in [5.74, 6) is 2.22. The minimum absolute atomic E-state index is 0.188. The number of likely N-dealkylation sites (tertiary alicyclic amines) is 2. The van der Waals surface area contributed by atoms with Crippen LogP contribution in [0.5, 0.6) is 0 Å². The molecule has 49 heavy (non-hydrogen) atoms. The van der Waals surface area contributed by atoms with Crippen LogP contribution >= 0.6 is 11.3 Å². The lowest BCUT2D eigenvalue weighted by Gasteiger charge is -2.34. The molecule has 2 aliphatic rings. The molecule has 0 N–H and O–H groups in total. The summed E-state index contributed by atoms with van der Waals surface area (Å²) in [5, 5.41) is 10.5. The maximum absolute atomic E-state index is 13.6. The number of fused-ring (bicyclic) bond motifs is 1. The third kappa shape index (κ3) is 6.47. The Morgan fingerprint density at radius 2 is 1.69 bits per heavy atom. The number of amides is 2. The molecular weight excluding hydrogens is 638 g/mol. The number of hydrogen-bond acceptors (Lipinski definition) is 8. The highest BCUT2D eigenvalue weighted by molar-refractivity contribution is 7.16. The molecule has 4 aromatic heterocycles. The Labute approximate surface area is 289 Å². The molecular formula is C37H40FN9OS. The Morgan fingerprint density at radius 3 is 2.39 bits per heavy atom. The van der Waals surface area contributed by atoms with E-state index in [1.807, 2.05) is 56.9 Å². The minimum atomic E-state index is -0.337. The lowest BCUT2D eigenvalue weighted by molar-refractivity contribution is 0.146. The molecule has 0 spiro atoms. The first-order valence-corrected chi connectivity index (χ1v) is 18.0. The molecule has 7 rings (SSSR count). The zero-order valence-electron chi connectivity index (χ0n) is 28.1. The van der Waals surface area contributed by atoms with Crippen molar-refractivity contribution in [1.29, 1.82) is 5.26 Å². The highest BCUT2D eigenvalue weighted by Crippen LogP contribution is 2.37. The number of rotatable bonds is 8. The first kappa shape index (κ1) is 32.6. The Morgan fingerprint density at radius 1 is 0.980 bits per heavy atom. The predicted octanol–water partition coefficient (Wildman–Crippen LogP) is 7.68. The summed E-state index contributed by atoms with van der Waals surface area (Å²) in [6.07, 6.45) is 11.7. The maximum atomic E-state index is 13.6. The van der Waals surface area contributed by atoms with Crippen molar-refractivity contribution in [3.8, 4) is 28.5 Å². The number of anilines is 2. The topological polar surface area (TPSA) is 107 Å². The molecule has 0 saturated carbocycles. The molecule has 5 aromatic rings. The van der Waals surface area contributed by atoms with E-state index in [1.165, 1.54) is 36.3 Å². The molecule has 10 nitrogen and oxygen atoms in total. The van der Waals surface area contributed by atoms with E-state index in [4.69, 9.17) is 19.9 Å². The number of imidazole rings is 1. The third-order valence-electron chi connectivity index (χ3n) is 9.83. The molecule has 12 heteroatoms. The number of aromatic nitrogens is 5. The molecule has 1 aromatic carbocycles. The minimum Gasteiger partial charge on any atom is -0.325 e. The van der Waals surface area contributed by atoms with E-state index in [0.29, 0.717) is 33.6 Å². The second-order valence-electron chi connectivity index (χ2n) is 13.0. The number of piperidine rings is 1. The summed E-state index contributed by atoms with van der Waals surface area (Å²) >= 11 is 1.29. The number of halogens is 1. The SMILES string of the molecule is CCCC1CCN(C(=O)N2CCC(c3ncc(-c4ccc5nc(CC)c(N(C)c6nc(-c7ccc(F)cc7)c(C#N)s6)n5c4)cn3)CC2)C1. The highest BCUT2D eigenvalue weighted by Gasteiger charge is 2.32. The van der Waals surface area contributed by atoms with Crippen molar-refractivity contribution in [2.24, 2.45) is 5.92 Å². The van der Waals surface area contributed by atoms with Crippen molar-refractivity contribution < 1.29 is 9.18 Å². The van der Waals surface area contributed by atoms with Gasteiger partial charge in [-0.25, -0.2) is 29.1 Å². The predicted molar refractivity (Wildman–Crippen MR) is 189 cm³/mol. The number of thiazole rings is 1. The van der Waals surface area contributed by atoms with Crippen LogP contribution in [0.1, 0.15) is 68.3 Å². The smallest absolute Gasteiger partial charge is 0.320 e. The molecule has 2 saturated heterocycles. The molecule has 2 amide bonds. The van der Waals surface area contributed by atoms with Gasteiger partial charge in [0.1, 0.15) is 39.7 Å². The van der Waals surface area contributed by atoms with E-state index >= 15 is 0 Å². The van der Waals surface area contributed by atoms with E-state index in [-0.39, 0.29) is 17.8 Å². The van der Waals surface area contributed by atoms with Gasteiger partial charge in [-0.05, 0) is 74.4 Å². The number of carbonyl (C=O) groups is 1. The van der Waals surface area contributed by atoms with Gasteiger partial charge in [-0.3, -0.25) is 4.40 Å². The monoisotopic (exact) mass is 677 g/mol. The molecule has 0 bridgehead atoms. The normalized spacial score (nSPS) is 16.8. The second kappa shape index (κ2) is 13.9. The van der Waals surface area contributed by atoms with Crippen LogP contribution in [0, 0.1) is 23.1 Å². The number of aryl methyl sites for hydroxylation is 1. The van der Waals surface area contributed by atoms with Crippen LogP contribution in [0.2, 0.25) is 0 Å². The van der Waals surface area contributed by atoms with Gasteiger partial charge in [0.15, 0.2) is 5.13 Å². The molecule has 1 atom stereocenters. The number of urea groups is 1. The van der Waals surface area contributed by atoms with Crippen LogP contribution in [0.4, 0.5) is 20.1 Å². The molecule has 1 unspecified atom stereocenters. The van der Waals surface area contributed by atoms with Gasteiger partial charge in [0.05, 0.1) is 5.69 Å². The zero-order chi connectivity index (χ0) is 34.1. The van der Waals surface area contributed by atoms with E-state index in [2.05, 4.69) is 19.9 Å². The summed E-state index contributed by atoms with van der Waals surface area (Å²) in [6.45, 7) is 7.52. The van der Waals surface area contributed by atoms with Gasteiger partial charge in [0.2, 0.25) is 0 Å². The van der Waals surface area contributed by atoms with Gasteiger partial charge < -0.3 is 14.7 Å². The van der Waals surface area contributed by atoms with Gasteiger partial charge in [-0.15, -0.1) is 0 Å². The van der Waals surface area contributed by atoms with Crippen LogP contribution in [0.3, 0.4) is 0 Å². The summed E-state index contributed by atoms with van der Waals surface area (Å²) in [5.41, 5.74) is 4.77. The van der Waals surface area contributed by atoms with Crippen molar-refractivity contribution in [3.05, 3.63) is 77.2 Å². The number of nitriles is 1. The molecule has 2 fully saturated rings. The van der Waals surface area contributed by atoms with E-state index < -0.39 is 0 Å². The summed E-state index contributed by atoms with van der Waals surface area (Å²) in [6, 6.07) is 12.5. The van der Waals surface area contributed by atoms with Gasteiger partial charge in [0, 0.05) is 74.4 Å². The number of nitrogens with zero attached hydrogens (tertiary/aromatic N) is 9. The number of carbonyl (C=O) groups excluding carboxylic acids is 1. The summed E-state index contributed by atoms with van der Waals surface area (Å²) in [7, 11) is 1.93. The highest BCUT2D eigenvalue weighted by atomic mass is 32.1. The first-order valence-electron chi connectivity index (χ1n) is 17.1. The molecule has 0 radical (unpaired) electrons. The maximum Gasteiger partial charge on any atom is 0.320 e. The van der Waals surface area contributed by atoms with E-state index in [9.17, 15) is 14.4 Å². The van der Waals surface area contributed by atoms with Crippen LogP contribution in [0.15, 0.2) is 55.0 Å². The second-order valence-corrected chi connectivity index (χ2v) is 14.0. The summed E-state index contributed by atoms with van der Waals surface area (Å²) in [4.78, 5) is 38.9. The summed E-state index contributed by atoms with van der Waals surface area (Å²) < 4.78 is 15.6. The standard InChI is InChI=1S/C37H40FN9OS/c1-4-6-24-13-16-46(22-24)37(48)45-17-14-26(15-18-45)34-40-20-28(21-41-34)27-9-12-32-42-30(5-2)35(47(32)23-27)44(3)36-43-33(31(19-39)49-36)25-7-10-29(38)11-8-25/h7-12,20-21,23-24,26H,4-6,13-18,22H2,1-3H3. The Hall–Kier alpha value is -4.89. The van der Waals surface area contributed by atoms with E-state index in [1.54, 1.807) is 12.1 Å². The van der Waals surface area contributed by atoms with Gasteiger partial charge in [0.25, 0.3) is 0 Å². The number of pyridine rings is 1. The van der Waals surface area contributed by atoms with Crippen LogP contribution < -0.4 is 4.90 Å². The molecule has 2 aliphatic heterocycles. The van der Waals surface area contributed by atoms with Gasteiger partial charge in [-0.1, -0.05) is 31.6 Å². The lowest BCUT2D eigenvalue weighted by atomic mass is 9.96. The van der Waals surface area contributed by atoms with Crippen molar-refractivity contribution in [1.82, 2.24) is 34.1 Å². The fourth-order valence-corrected chi connectivity index (χ4v) is 7.99. The fourth-order valence-electron chi connectivity index (χ4n) is 7.14. The Kier molecular flexibility index (Phi) is 9.27. The molecule has 6 heterocycles. The average Bonchev–Trinajstić information content (AvgIpc) is 3.89. The Balaban J connectivity index is 1.08. The lowest BCUT2D eigenvalue weighted by Crippen LogP contribution is -2.45. The zero-order valence-corrected chi connectivity index (χ0v) is 29.0. The average molecular weight is 678 g/mol. The first-order chi connectivity index (χ1) is 23.9. The van der Waals surface area contributed by atoms with Crippen LogP contribution in [-0.2, 0) is 6.42 Å². The van der Waals surface area contributed by atoms with Crippen LogP contribution in [0.25, 0.3) is 28.0 Å². The number of hydrogen-bond donors (Lipinski definition) is 0. The largest absolute Gasteiger partial charge is 0.325 e. The van der Waals surface area contributed by atoms with Crippen LogP contribution in [-0.4, -0.2) is 73.4 Å². The van der Waals surface area contributed by atoms with Crippen molar-refractivity contribution >= 4 is 34.0 Å². The van der Waals surface area contributed by atoms with Crippen molar-refractivity contribution in [2.45, 2.75) is 58.3 Å². The third-order valence-corrected chi connectivity index (χ3v) is 10.9. The van der Waals surface area contributed by atoms with Crippen molar-refractivity contribution in [2.75, 3.05) is 38.1 Å². The quantitative estimate of drug-likeness (QED) is 0.166. The van der Waals surface area contributed by atoms with Gasteiger partial charge in [-0.2, -0.15) is 5.26 Å². The van der Waals surface area contributed by atoms with Gasteiger partial charge >= 0.3 is 6.03 Å². The molecule has 252 valence electrons. The van der Waals surface area contributed by atoms with Crippen molar-refractivity contribution in [3.63, 3.8) is 0 Å². The number of benzene rings is 1. The Bertz CT molecular complexity index is 1990. The fraction of sp³-hybridized carbons (Fsp3) is 0.405. The van der Waals surface area contributed by atoms with E-state index in [0.717, 1.165) is 79.6 Å². The molecule has 0 aliphatic carbocycles.